The first-order chi connectivity index (χ1) is 9.54. The smallest absolute Gasteiger partial charge is 0.387 e. The minimum Gasteiger partial charge on any atom is -0.435 e. The SMILES string of the molecule is C=C(NN1CCN(C)CC1)c1ccc(OC(F)F)cc1. The molecular formula is C14H19F2N3O. The Balaban J connectivity index is 1.89. The molecule has 0 aromatic heterocycles. The number of halogens is 2. The fourth-order valence-electron chi connectivity index (χ4n) is 2.01. The van der Waals surface area contributed by atoms with E-state index in [9.17, 15) is 8.78 Å². The maximum absolute atomic E-state index is 12.1. The highest BCUT2D eigenvalue weighted by Gasteiger charge is 2.14. The van der Waals surface area contributed by atoms with Crippen LogP contribution in [0.15, 0.2) is 30.8 Å². The average Bonchev–Trinajstić information content (AvgIpc) is 2.41. The number of hydrogen-bond acceptors (Lipinski definition) is 4. The number of likely N-dealkylation sites (N-methyl/N-ethyl adjacent to an activating group) is 1. The molecule has 1 aliphatic heterocycles. The summed E-state index contributed by atoms with van der Waals surface area (Å²) in [4.78, 5) is 2.26. The van der Waals surface area contributed by atoms with E-state index in [-0.39, 0.29) is 5.75 Å². The molecule has 1 aliphatic rings. The van der Waals surface area contributed by atoms with Crippen LogP contribution in [0.1, 0.15) is 5.56 Å². The molecule has 0 unspecified atom stereocenters. The van der Waals surface area contributed by atoms with Gasteiger partial charge in [-0.2, -0.15) is 8.78 Å². The van der Waals surface area contributed by atoms with Gasteiger partial charge in [0, 0.05) is 31.9 Å². The molecule has 0 spiro atoms. The van der Waals surface area contributed by atoms with Crippen molar-refractivity contribution in [3.8, 4) is 5.75 Å². The van der Waals surface area contributed by atoms with Gasteiger partial charge >= 0.3 is 6.61 Å². The van der Waals surface area contributed by atoms with Crippen molar-refractivity contribution < 1.29 is 13.5 Å². The molecule has 1 saturated heterocycles. The molecule has 0 aliphatic carbocycles. The average molecular weight is 283 g/mol. The van der Waals surface area contributed by atoms with Gasteiger partial charge in [-0.3, -0.25) is 0 Å². The van der Waals surface area contributed by atoms with Crippen molar-refractivity contribution >= 4 is 5.70 Å². The first kappa shape index (κ1) is 14.7. The summed E-state index contributed by atoms with van der Waals surface area (Å²) < 4.78 is 28.4. The second kappa shape index (κ2) is 6.67. The Hall–Kier alpha value is -1.66. The van der Waals surface area contributed by atoms with Gasteiger partial charge in [-0.1, -0.05) is 6.58 Å². The van der Waals surface area contributed by atoms with Crippen LogP contribution in [0.4, 0.5) is 8.78 Å². The summed E-state index contributed by atoms with van der Waals surface area (Å²) in [5, 5.41) is 2.10. The molecule has 20 heavy (non-hydrogen) atoms. The number of hydrogen-bond donors (Lipinski definition) is 1. The third-order valence-corrected chi connectivity index (χ3v) is 3.22. The molecule has 0 bridgehead atoms. The Kier molecular flexibility index (Phi) is 4.92. The Morgan fingerprint density at radius 3 is 2.35 bits per heavy atom. The molecule has 2 rings (SSSR count). The number of hydrazine groups is 1. The molecular weight excluding hydrogens is 264 g/mol. The number of ether oxygens (including phenoxy) is 1. The summed E-state index contributed by atoms with van der Waals surface area (Å²) in [6.07, 6.45) is 0. The minimum absolute atomic E-state index is 0.149. The van der Waals surface area contributed by atoms with Gasteiger partial charge in [0.25, 0.3) is 0 Å². The van der Waals surface area contributed by atoms with Crippen LogP contribution >= 0.6 is 0 Å². The highest BCUT2D eigenvalue weighted by atomic mass is 19.3. The minimum atomic E-state index is -2.80. The van der Waals surface area contributed by atoms with Gasteiger partial charge in [-0.05, 0) is 36.9 Å². The lowest BCUT2D eigenvalue weighted by Crippen LogP contribution is -2.49. The van der Waals surface area contributed by atoms with Crippen molar-refractivity contribution in [1.82, 2.24) is 15.3 Å². The van der Waals surface area contributed by atoms with Gasteiger partial charge in [0.2, 0.25) is 0 Å². The molecule has 1 heterocycles. The fraction of sp³-hybridized carbons (Fsp3) is 0.429. The Bertz CT molecular complexity index is 442. The van der Waals surface area contributed by atoms with Gasteiger partial charge in [0.05, 0.1) is 0 Å². The van der Waals surface area contributed by atoms with E-state index in [1.54, 1.807) is 12.1 Å². The van der Waals surface area contributed by atoms with E-state index in [2.05, 4.69) is 33.7 Å². The zero-order valence-corrected chi connectivity index (χ0v) is 11.5. The van der Waals surface area contributed by atoms with Crippen LogP contribution in [0.25, 0.3) is 5.70 Å². The van der Waals surface area contributed by atoms with E-state index < -0.39 is 6.61 Å². The molecule has 0 atom stereocenters. The fourth-order valence-corrected chi connectivity index (χ4v) is 2.01. The second-order valence-electron chi connectivity index (χ2n) is 4.78. The molecule has 0 radical (unpaired) electrons. The van der Waals surface area contributed by atoms with Crippen molar-refractivity contribution in [1.29, 1.82) is 0 Å². The lowest BCUT2D eigenvalue weighted by Gasteiger charge is -2.33. The Morgan fingerprint density at radius 2 is 1.80 bits per heavy atom. The normalized spacial score (nSPS) is 17.2. The Labute approximate surface area is 117 Å². The summed E-state index contributed by atoms with van der Waals surface area (Å²) in [5.41, 5.74) is 4.84. The summed E-state index contributed by atoms with van der Waals surface area (Å²) in [7, 11) is 2.09. The number of nitrogens with zero attached hydrogens (tertiary/aromatic N) is 2. The molecule has 110 valence electrons. The second-order valence-corrected chi connectivity index (χ2v) is 4.78. The summed E-state index contributed by atoms with van der Waals surface area (Å²) in [6.45, 7) is 5.02. The van der Waals surface area contributed by atoms with E-state index >= 15 is 0 Å². The molecule has 0 saturated carbocycles. The van der Waals surface area contributed by atoms with Gasteiger partial charge in [-0.15, -0.1) is 0 Å². The van der Waals surface area contributed by atoms with E-state index in [0.29, 0.717) is 0 Å². The lowest BCUT2D eigenvalue weighted by molar-refractivity contribution is -0.0498. The third kappa shape index (κ3) is 4.18. The predicted molar refractivity (Wildman–Crippen MR) is 74.3 cm³/mol. The van der Waals surface area contributed by atoms with E-state index in [4.69, 9.17) is 0 Å². The molecule has 1 fully saturated rings. The van der Waals surface area contributed by atoms with Crippen LogP contribution in [0.2, 0.25) is 0 Å². The van der Waals surface area contributed by atoms with E-state index in [1.807, 2.05) is 0 Å². The summed E-state index contributed by atoms with van der Waals surface area (Å²) in [5.74, 6) is 0.149. The number of nitrogens with one attached hydrogen (secondary N) is 1. The zero-order valence-electron chi connectivity index (χ0n) is 11.5. The highest BCUT2D eigenvalue weighted by Crippen LogP contribution is 2.18. The van der Waals surface area contributed by atoms with Gasteiger partial charge in [-0.25, -0.2) is 5.01 Å². The molecule has 1 aromatic carbocycles. The largest absolute Gasteiger partial charge is 0.435 e. The molecule has 0 amide bonds. The van der Waals surface area contributed by atoms with E-state index in [1.165, 1.54) is 12.1 Å². The molecule has 1 aromatic rings. The van der Waals surface area contributed by atoms with Crippen LogP contribution in [0.5, 0.6) is 5.75 Å². The first-order valence-electron chi connectivity index (χ1n) is 6.49. The molecule has 1 N–H and O–H groups in total. The predicted octanol–water partition coefficient (Wildman–Crippen LogP) is 2.01. The third-order valence-electron chi connectivity index (χ3n) is 3.22. The number of piperazine rings is 1. The molecule has 6 heteroatoms. The van der Waals surface area contributed by atoms with Crippen LogP contribution in [-0.2, 0) is 0 Å². The number of benzene rings is 1. The van der Waals surface area contributed by atoms with Crippen LogP contribution in [0.3, 0.4) is 0 Å². The first-order valence-corrected chi connectivity index (χ1v) is 6.49. The van der Waals surface area contributed by atoms with Crippen LogP contribution in [-0.4, -0.2) is 49.7 Å². The maximum atomic E-state index is 12.1. The van der Waals surface area contributed by atoms with Gasteiger partial charge in [0.1, 0.15) is 5.75 Å². The standard InChI is InChI=1S/C14H19F2N3O/c1-11(17-19-9-7-18(2)8-10-19)12-3-5-13(6-4-12)20-14(15)16/h3-6,14,17H,1,7-10H2,2H3. The summed E-state index contributed by atoms with van der Waals surface area (Å²) in [6, 6.07) is 6.45. The van der Waals surface area contributed by atoms with Gasteiger partial charge in [0.15, 0.2) is 0 Å². The summed E-state index contributed by atoms with van der Waals surface area (Å²) >= 11 is 0. The zero-order chi connectivity index (χ0) is 14.5. The number of alkyl halides is 2. The topological polar surface area (TPSA) is 27.7 Å². The van der Waals surface area contributed by atoms with E-state index in [0.717, 1.165) is 37.4 Å². The van der Waals surface area contributed by atoms with Crippen molar-refractivity contribution in [2.45, 2.75) is 6.61 Å². The monoisotopic (exact) mass is 283 g/mol. The highest BCUT2D eigenvalue weighted by molar-refractivity contribution is 5.61. The van der Waals surface area contributed by atoms with Crippen molar-refractivity contribution in [3.05, 3.63) is 36.4 Å². The maximum Gasteiger partial charge on any atom is 0.387 e. The van der Waals surface area contributed by atoms with Crippen LogP contribution in [0, 0.1) is 0 Å². The number of rotatable bonds is 5. The Morgan fingerprint density at radius 1 is 1.20 bits per heavy atom. The molecule has 4 nitrogen and oxygen atoms in total. The van der Waals surface area contributed by atoms with Crippen LogP contribution < -0.4 is 10.2 Å². The van der Waals surface area contributed by atoms with Crippen molar-refractivity contribution in [3.63, 3.8) is 0 Å². The van der Waals surface area contributed by atoms with Gasteiger partial charge < -0.3 is 15.1 Å². The van der Waals surface area contributed by atoms with Crippen molar-refractivity contribution in [2.75, 3.05) is 33.2 Å². The lowest BCUT2D eigenvalue weighted by atomic mass is 10.2. The van der Waals surface area contributed by atoms with Crippen molar-refractivity contribution in [2.24, 2.45) is 0 Å². The quantitative estimate of drug-likeness (QED) is 0.894.